The van der Waals surface area contributed by atoms with Crippen LogP contribution < -0.4 is 0 Å². The Labute approximate surface area is 204 Å². The normalized spacial score (nSPS) is 11.8. The third kappa shape index (κ3) is 4.19. The van der Waals surface area contributed by atoms with Crippen LogP contribution in [0.1, 0.15) is 36.1 Å². The van der Waals surface area contributed by atoms with Crippen molar-refractivity contribution >= 4 is 100 Å². The Morgan fingerprint density at radius 1 is 0.760 bits per heavy atom. The zero-order valence-corrected chi connectivity index (χ0v) is 23.8. The van der Waals surface area contributed by atoms with Crippen LogP contribution in [0, 0.1) is 28.1 Å². The fourth-order valence-corrected chi connectivity index (χ4v) is 12.7. The van der Waals surface area contributed by atoms with Gasteiger partial charge in [0.15, 0.2) is 0 Å². The molecule has 0 aliphatic rings. The molecule has 0 bridgehead atoms. The van der Waals surface area contributed by atoms with E-state index in [1.807, 2.05) is 26.0 Å². The Bertz CT molecular complexity index is 879. The summed E-state index contributed by atoms with van der Waals surface area (Å²) >= 11 is 8.72. The lowest BCUT2D eigenvalue weighted by Crippen LogP contribution is -2.14. The van der Waals surface area contributed by atoms with Crippen LogP contribution in [0.4, 0.5) is 0 Å². The molecular weight excluding hydrogens is 788 g/mol. The Morgan fingerprint density at radius 2 is 1.08 bits per heavy atom. The van der Waals surface area contributed by atoms with E-state index in [4.69, 9.17) is 0 Å². The second-order valence-electron chi connectivity index (χ2n) is 5.80. The first-order valence-corrected chi connectivity index (χ1v) is 13.6. The molecule has 136 valence electrons. The Hall–Kier alpha value is 1.31. The van der Waals surface area contributed by atoms with Crippen molar-refractivity contribution in [2.24, 2.45) is 0 Å². The first-order chi connectivity index (χ1) is 11.6. The van der Waals surface area contributed by atoms with Crippen molar-refractivity contribution in [3.05, 3.63) is 48.7 Å². The Kier molecular flexibility index (Phi) is 7.92. The highest BCUT2D eigenvalue weighted by molar-refractivity contribution is 14.1. The number of sulfone groups is 1. The molecule has 0 amide bonds. The minimum absolute atomic E-state index is 0.456. The first-order valence-electron chi connectivity index (χ1n) is 7.77. The summed E-state index contributed by atoms with van der Waals surface area (Å²) in [5, 5.41) is 0. The van der Waals surface area contributed by atoms with E-state index in [1.165, 1.54) is 0 Å². The highest BCUT2D eigenvalue weighted by Gasteiger charge is 2.31. The second-order valence-corrected chi connectivity index (χ2v) is 12.1. The van der Waals surface area contributed by atoms with E-state index in [9.17, 15) is 8.42 Å². The molecule has 25 heavy (non-hydrogen) atoms. The van der Waals surface area contributed by atoms with Gasteiger partial charge in [-0.15, -0.1) is 0 Å². The summed E-state index contributed by atoms with van der Waals surface area (Å²) in [6.45, 7) is 8.24. The number of hydrogen-bond acceptors (Lipinski definition) is 2. The fourth-order valence-electron chi connectivity index (χ4n) is 2.98. The van der Waals surface area contributed by atoms with Gasteiger partial charge in [0.1, 0.15) is 0 Å². The lowest BCUT2D eigenvalue weighted by Gasteiger charge is -2.18. The van der Waals surface area contributed by atoms with E-state index in [1.54, 1.807) is 0 Å². The lowest BCUT2D eigenvalue weighted by atomic mass is 10.1. The first kappa shape index (κ1) is 22.6. The molecule has 0 unspecified atom stereocenters. The van der Waals surface area contributed by atoms with Gasteiger partial charge in [-0.3, -0.25) is 0 Å². The summed E-state index contributed by atoms with van der Waals surface area (Å²) in [4.78, 5) is 0.913. The van der Waals surface area contributed by atoms with Gasteiger partial charge in [0.25, 0.3) is 0 Å². The minimum Gasteiger partial charge on any atom is -0.218 e. The van der Waals surface area contributed by atoms with Crippen LogP contribution in [-0.2, 0) is 22.7 Å². The maximum atomic E-state index is 13.7. The summed E-state index contributed by atoms with van der Waals surface area (Å²) in [5.74, 6) is 0. The highest BCUT2D eigenvalue weighted by atomic mass is 127. The van der Waals surface area contributed by atoms with E-state index < -0.39 is 9.84 Å². The zero-order valence-electron chi connectivity index (χ0n) is 14.3. The quantitative estimate of drug-likeness (QED) is 0.324. The molecule has 0 aliphatic carbocycles. The van der Waals surface area contributed by atoms with Crippen molar-refractivity contribution in [3.8, 4) is 0 Å². The molecule has 0 N–H and O–H groups in total. The predicted molar refractivity (Wildman–Crippen MR) is 137 cm³/mol. The molecule has 0 aromatic heterocycles. The van der Waals surface area contributed by atoms with Gasteiger partial charge >= 0.3 is 0 Å². The number of hydrogen-bond donors (Lipinski definition) is 0. The zero-order chi connectivity index (χ0) is 19.1. The third-order valence-electron chi connectivity index (χ3n) is 4.25. The average molecular weight is 806 g/mol. The monoisotopic (exact) mass is 806 g/mol. The molecule has 0 radical (unpaired) electrons. The van der Waals surface area contributed by atoms with E-state index in [2.05, 4.69) is 104 Å². The number of rotatable bonds is 4. The van der Waals surface area contributed by atoms with Gasteiger partial charge in [0.2, 0.25) is 9.84 Å². The Balaban J connectivity index is 2.91. The number of aryl methyl sites for hydroxylation is 2. The molecule has 0 saturated heterocycles. The molecule has 0 aliphatic heterocycles. The van der Waals surface area contributed by atoms with E-state index in [-0.39, 0.29) is 0 Å². The minimum atomic E-state index is -3.59. The molecule has 0 spiro atoms. The molecule has 7 heteroatoms. The van der Waals surface area contributed by atoms with Crippen LogP contribution in [-0.4, -0.2) is 8.42 Å². The second kappa shape index (κ2) is 8.76. The smallest absolute Gasteiger partial charge is 0.210 e. The summed E-state index contributed by atoms with van der Waals surface area (Å²) in [6.07, 6.45) is 1.65. The maximum Gasteiger partial charge on any atom is 0.210 e. The molecule has 0 fully saturated rings. The molecule has 0 saturated carbocycles. The summed E-state index contributed by atoms with van der Waals surface area (Å²) in [6, 6.07) is 3.98. The van der Waals surface area contributed by atoms with Crippen molar-refractivity contribution in [1.29, 1.82) is 0 Å². The van der Waals surface area contributed by atoms with Crippen molar-refractivity contribution in [2.75, 3.05) is 0 Å². The molecule has 2 nitrogen and oxygen atoms in total. The Morgan fingerprint density at radius 3 is 1.36 bits per heavy atom. The summed E-state index contributed by atoms with van der Waals surface area (Å²) < 4.78 is 30.6. The van der Waals surface area contributed by atoms with Gasteiger partial charge in [0.05, 0.1) is 9.79 Å². The van der Waals surface area contributed by atoms with Gasteiger partial charge in [0, 0.05) is 14.3 Å². The largest absolute Gasteiger partial charge is 0.218 e. The van der Waals surface area contributed by atoms with Gasteiger partial charge in [-0.05, 0) is 151 Å². The van der Waals surface area contributed by atoms with E-state index >= 15 is 0 Å². The summed E-state index contributed by atoms with van der Waals surface area (Å²) in [7, 11) is -3.59. The van der Waals surface area contributed by atoms with Crippen LogP contribution in [0.3, 0.4) is 0 Å². The molecular formula is C18H18I4O2S. The van der Waals surface area contributed by atoms with E-state index in [0.717, 1.165) is 49.4 Å². The molecule has 2 aromatic carbocycles. The van der Waals surface area contributed by atoms with Crippen LogP contribution in [0.25, 0.3) is 0 Å². The molecule has 0 heterocycles. The van der Waals surface area contributed by atoms with Crippen LogP contribution in [0.5, 0.6) is 0 Å². The lowest BCUT2D eigenvalue weighted by molar-refractivity contribution is 0.593. The third-order valence-corrected chi connectivity index (χ3v) is 11.7. The van der Waals surface area contributed by atoms with Gasteiger partial charge < -0.3 is 0 Å². The fraction of sp³-hybridized carbons (Fsp3) is 0.333. The van der Waals surface area contributed by atoms with E-state index in [0.29, 0.717) is 9.79 Å². The topological polar surface area (TPSA) is 34.1 Å². The van der Waals surface area contributed by atoms with Gasteiger partial charge in [-0.1, -0.05) is 13.8 Å². The molecule has 0 atom stereocenters. The van der Waals surface area contributed by atoms with Crippen LogP contribution >= 0.6 is 90.4 Å². The number of benzene rings is 2. The van der Waals surface area contributed by atoms with Crippen molar-refractivity contribution in [3.63, 3.8) is 0 Å². The summed E-state index contributed by atoms with van der Waals surface area (Å²) in [5.41, 5.74) is 4.54. The van der Waals surface area contributed by atoms with Crippen LogP contribution in [0.15, 0.2) is 21.9 Å². The standard InChI is InChI=1S/C18H18I4O2S/c1-5-11-9(3)7-13(19)17(15(11)21)25(23,24)18-14(20)8-10(4)12(6-2)16(18)22/h7-8H,5-6H2,1-4H3. The van der Waals surface area contributed by atoms with Crippen LogP contribution in [0.2, 0.25) is 0 Å². The van der Waals surface area contributed by atoms with Gasteiger partial charge in [-0.2, -0.15) is 0 Å². The van der Waals surface area contributed by atoms with Crippen molar-refractivity contribution in [1.82, 2.24) is 0 Å². The van der Waals surface area contributed by atoms with Crippen molar-refractivity contribution < 1.29 is 8.42 Å². The number of halogens is 4. The highest BCUT2D eigenvalue weighted by Crippen LogP contribution is 2.38. The molecule has 2 rings (SSSR count). The maximum absolute atomic E-state index is 13.7. The average Bonchev–Trinajstić information content (AvgIpc) is 2.45. The SMILES string of the molecule is CCc1c(C)cc(I)c(S(=O)(=O)c2c(I)cc(C)c(CC)c2I)c1I. The van der Waals surface area contributed by atoms with Gasteiger partial charge in [-0.25, -0.2) is 8.42 Å². The predicted octanol–water partition coefficient (Wildman–Crippen LogP) is 6.68. The molecule has 2 aromatic rings. The van der Waals surface area contributed by atoms with Crippen molar-refractivity contribution in [2.45, 2.75) is 50.3 Å².